The zero-order valence-corrected chi connectivity index (χ0v) is 11.0. The Morgan fingerprint density at radius 3 is 2.00 bits per heavy atom. The fraction of sp³-hybridized carbons (Fsp3) is 1.00. The van der Waals surface area contributed by atoms with Crippen molar-refractivity contribution < 1.29 is 0 Å². The Bertz CT molecular complexity index is 152. The van der Waals surface area contributed by atoms with Crippen LogP contribution in [0.1, 0.15) is 41.5 Å². The number of hydrogen-bond donors (Lipinski definition) is 1. The molecule has 0 aromatic carbocycles. The fourth-order valence-corrected chi connectivity index (χ4v) is 1.71. The van der Waals surface area contributed by atoms with E-state index in [9.17, 15) is 0 Å². The van der Waals surface area contributed by atoms with Crippen LogP contribution in [-0.2, 0) is 0 Å². The first-order valence-electron chi connectivity index (χ1n) is 5.76. The molecule has 0 aliphatic rings. The predicted molar refractivity (Wildman–Crippen MR) is 64.7 cm³/mol. The molecule has 0 saturated carbocycles. The minimum atomic E-state index is 0.328. The van der Waals surface area contributed by atoms with E-state index in [0.29, 0.717) is 17.5 Å². The molecule has 0 spiro atoms. The van der Waals surface area contributed by atoms with Crippen LogP contribution < -0.4 is 5.32 Å². The van der Waals surface area contributed by atoms with Gasteiger partial charge in [-0.3, -0.25) is 0 Å². The van der Waals surface area contributed by atoms with Crippen molar-refractivity contribution in [2.24, 2.45) is 5.41 Å². The summed E-state index contributed by atoms with van der Waals surface area (Å²) in [5.41, 5.74) is 0.328. The maximum absolute atomic E-state index is 3.35. The third-order valence-corrected chi connectivity index (χ3v) is 3.35. The monoisotopic (exact) mass is 200 g/mol. The van der Waals surface area contributed by atoms with Gasteiger partial charge in [0.05, 0.1) is 0 Å². The van der Waals surface area contributed by atoms with E-state index >= 15 is 0 Å². The third-order valence-electron chi connectivity index (χ3n) is 3.35. The van der Waals surface area contributed by atoms with Crippen LogP contribution in [0.2, 0.25) is 0 Å². The lowest BCUT2D eigenvalue weighted by Crippen LogP contribution is -2.47. The van der Waals surface area contributed by atoms with E-state index in [1.165, 1.54) is 0 Å². The smallest absolute Gasteiger partial charge is 0.00991 e. The lowest BCUT2D eigenvalue weighted by Gasteiger charge is -2.38. The van der Waals surface area contributed by atoms with Crippen molar-refractivity contribution in [2.45, 2.75) is 53.6 Å². The second-order valence-electron chi connectivity index (χ2n) is 5.16. The molecular weight excluding hydrogens is 172 g/mol. The van der Waals surface area contributed by atoms with Gasteiger partial charge >= 0.3 is 0 Å². The highest BCUT2D eigenvalue weighted by Crippen LogP contribution is 2.22. The van der Waals surface area contributed by atoms with Crippen molar-refractivity contribution >= 4 is 0 Å². The molecule has 0 aliphatic heterocycles. The molecule has 1 unspecified atom stereocenters. The highest BCUT2D eigenvalue weighted by atomic mass is 15.2. The second kappa shape index (κ2) is 5.72. The van der Waals surface area contributed by atoms with Gasteiger partial charge in [0.15, 0.2) is 0 Å². The maximum atomic E-state index is 3.35. The lowest BCUT2D eigenvalue weighted by molar-refractivity contribution is 0.125. The van der Waals surface area contributed by atoms with Gasteiger partial charge < -0.3 is 10.2 Å². The van der Waals surface area contributed by atoms with Gasteiger partial charge in [-0.2, -0.15) is 0 Å². The van der Waals surface area contributed by atoms with Crippen LogP contribution in [0, 0.1) is 5.41 Å². The van der Waals surface area contributed by atoms with E-state index < -0.39 is 0 Å². The van der Waals surface area contributed by atoms with Crippen molar-refractivity contribution in [1.29, 1.82) is 0 Å². The molecule has 0 aliphatic carbocycles. The minimum absolute atomic E-state index is 0.328. The molecule has 0 heterocycles. The van der Waals surface area contributed by atoms with Gasteiger partial charge in [0.1, 0.15) is 0 Å². The summed E-state index contributed by atoms with van der Waals surface area (Å²) in [4.78, 5) is 2.52. The Morgan fingerprint density at radius 1 is 1.21 bits per heavy atom. The maximum Gasteiger partial charge on any atom is 0.00991 e. The largest absolute Gasteiger partial charge is 0.317 e. The van der Waals surface area contributed by atoms with Crippen molar-refractivity contribution in [1.82, 2.24) is 10.2 Å². The molecule has 0 aromatic heterocycles. The van der Waals surface area contributed by atoms with Gasteiger partial charge in [-0.1, -0.05) is 20.8 Å². The first-order chi connectivity index (χ1) is 6.35. The second-order valence-corrected chi connectivity index (χ2v) is 5.16. The van der Waals surface area contributed by atoms with Gasteiger partial charge in [0.2, 0.25) is 0 Å². The van der Waals surface area contributed by atoms with Gasteiger partial charge in [-0.25, -0.2) is 0 Å². The molecule has 1 atom stereocenters. The Morgan fingerprint density at radius 2 is 1.71 bits per heavy atom. The Kier molecular flexibility index (Phi) is 5.68. The van der Waals surface area contributed by atoms with Crippen LogP contribution in [0.15, 0.2) is 0 Å². The van der Waals surface area contributed by atoms with Gasteiger partial charge in [0, 0.05) is 18.6 Å². The normalized spacial score (nSPS) is 15.2. The van der Waals surface area contributed by atoms with Crippen LogP contribution in [-0.4, -0.2) is 37.1 Å². The quantitative estimate of drug-likeness (QED) is 0.708. The standard InChI is InChI=1S/C12H28N2/c1-8-14(10(2)3)9-12(5,6)11(4)13-7/h10-11,13H,8-9H2,1-7H3. The SMILES string of the molecule is CCN(CC(C)(C)C(C)NC)C(C)C. The van der Waals surface area contributed by atoms with E-state index in [4.69, 9.17) is 0 Å². The number of rotatable bonds is 6. The van der Waals surface area contributed by atoms with Crippen LogP contribution in [0.4, 0.5) is 0 Å². The number of hydrogen-bond acceptors (Lipinski definition) is 2. The van der Waals surface area contributed by atoms with Crippen molar-refractivity contribution in [3.05, 3.63) is 0 Å². The molecule has 86 valence electrons. The number of nitrogens with zero attached hydrogens (tertiary/aromatic N) is 1. The summed E-state index contributed by atoms with van der Waals surface area (Å²) in [5, 5.41) is 3.35. The molecule has 0 rings (SSSR count). The van der Waals surface area contributed by atoms with E-state index in [1.807, 2.05) is 7.05 Å². The lowest BCUT2D eigenvalue weighted by atomic mass is 9.84. The molecular formula is C12H28N2. The van der Waals surface area contributed by atoms with E-state index in [0.717, 1.165) is 13.1 Å². The average Bonchev–Trinajstić information content (AvgIpc) is 2.12. The molecule has 2 nitrogen and oxygen atoms in total. The predicted octanol–water partition coefficient (Wildman–Crippen LogP) is 2.35. The summed E-state index contributed by atoms with van der Waals surface area (Å²) in [6.45, 7) is 16.0. The minimum Gasteiger partial charge on any atom is -0.317 e. The van der Waals surface area contributed by atoms with Crippen LogP contribution in [0.3, 0.4) is 0 Å². The van der Waals surface area contributed by atoms with Crippen LogP contribution in [0.25, 0.3) is 0 Å². The Labute approximate surface area is 90.1 Å². The fourth-order valence-electron chi connectivity index (χ4n) is 1.71. The van der Waals surface area contributed by atoms with E-state index in [1.54, 1.807) is 0 Å². The van der Waals surface area contributed by atoms with Crippen molar-refractivity contribution in [2.75, 3.05) is 20.1 Å². The molecule has 0 radical (unpaired) electrons. The highest BCUT2D eigenvalue weighted by molar-refractivity contribution is 4.83. The summed E-state index contributed by atoms with van der Waals surface area (Å²) >= 11 is 0. The Balaban J connectivity index is 4.31. The topological polar surface area (TPSA) is 15.3 Å². The highest BCUT2D eigenvalue weighted by Gasteiger charge is 2.27. The summed E-state index contributed by atoms with van der Waals surface area (Å²) < 4.78 is 0. The molecule has 0 saturated heterocycles. The third kappa shape index (κ3) is 3.97. The van der Waals surface area contributed by atoms with Crippen molar-refractivity contribution in [3.63, 3.8) is 0 Å². The summed E-state index contributed by atoms with van der Waals surface area (Å²) in [5.74, 6) is 0. The van der Waals surface area contributed by atoms with Crippen LogP contribution >= 0.6 is 0 Å². The summed E-state index contributed by atoms with van der Waals surface area (Å²) in [7, 11) is 2.04. The van der Waals surface area contributed by atoms with Gasteiger partial charge in [-0.15, -0.1) is 0 Å². The molecule has 1 N–H and O–H groups in total. The zero-order valence-electron chi connectivity index (χ0n) is 11.0. The molecule has 0 bridgehead atoms. The van der Waals surface area contributed by atoms with Gasteiger partial charge in [0.25, 0.3) is 0 Å². The van der Waals surface area contributed by atoms with Crippen LogP contribution in [0.5, 0.6) is 0 Å². The van der Waals surface area contributed by atoms with Crippen molar-refractivity contribution in [3.8, 4) is 0 Å². The first kappa shape index (κ1) is 13.9. The molecule has 0 amide bonds. The number of nitrogens with one attached hydrogen (secondary N) is 1. The zero-order chi connectivity index (χ0) is 11.4. The van der Waals surface area contributed by atoms with E-state index in [2.05, 4.69) is 51.8 Å². The molecule has 0 aromatic rings. The summed E-state index contributed by atoms with van der Waals surface area (Å²) in [6, 6.07) is 1.19. The molecule has 14 heavy (non-hydrogen) atoms. The average molecular weight is 200 g/mol. The summed E-state index contributed by atoms with van der Waals surface area (Å²) in [6.07, 6.45) is 0. The van der Waals surface area contributed by atoms with Gasteiger partial charge in [-0.05, 0) is 39.8 Å². The molecule has 0 fully saturated rings. The molecule has 2 heteroatoms. The first-order valence-corrected chi connectivity index (χ1v) is 5.76. The van der Waals surface area contributed by atoms with E-state index in [-0.39, 0.29) is 0 Å². The Hall–Kier alpha value is -0.0800.